The molecule has 29 heavy (non-hydrogen) atoms. The first-order valence-corrected chi connectivity index (χ1v) is 9.19. The van der Waals surface area contributed by atoms with Crippen LogP contribution >= 0.6 is 0 Å². The van der Waals surface area contributed by atoms with Crippen molar-refractivity contribution in [2.45, 2.75) is 12.5 Å². The van der Waals surface area contributed by atoms with E-state index in [-0.39, 0.29) is 17.7 Å². The molecule has 0 aliphatic carbocycles. The van der Waals surface area contributed by atoms with E-state index in [2.05, 4.69) is 0 Å². The van der Waals surface area contributed by atoms with E-state index in [0.717, 1.165) is 16.8 Å². The number of anilines is 1. The number of hydrogen-bond donors (Lipinski definition) is 0. The average molecular weight is 394 g/mol. The molecule has 4 rings (SSSR count). The predicted molar refractivity (Wildman–Crippen MR) is 109 cm³/mol. The second kappa shape index (κ2) is 7.91. The standard InChI is InChI=1S/C23H20F2N2O2/c1-28-22-11-8-16(12-23(22)29-2)21-14-20(15-6-9-17(24)10-7-15)26-27(21)19-5-3-4-18(25)13-19/h3-13,21H,14H2,1-2H3/t21-/m1/s1. The van der Waals surface area contributed by atoms with Crippen LogP contribution in [0, 0.1) is 11.6 Å². The molecule has 0 unspecified atom stereocenters. The lowest BCUT2D eigenvalue weighted by Gasteiger charge is -2.24. The van der Waals surface area contributed by atoms with E-state index in [1.54, 1.807) is 37.4 Å². The van der Waals surface area contributed by atoms with E-state index < -0.39 is 0 Å². The van der Waals surface area contributed by atoms with Crippen molar-refractivity contribution >= 4 is 11.4 Å². The highest BCUT2D eigenvalue weighted by Crippen LogP contribution is 2.39. The Morgan fingerprint density at radius 1 is 0.862 bits per heavy atom. The van der Waals surface area contributed by atoms with E-state index in [1.165, 1.54) is 24.3 Å². The molecule has 0 fully saturated rings. The first-order chi connectivity index (χ1) is 14.1. The largest absolute Gasteiger partial charge is 0.493 e. The SMILES string of the molecule is COc1ccc([C@H]2CC(c3ccc(F)cc3)=NN2c2cccc(F)c2)cc1OC. The van der Waals surface area contributed by atoms with Gasteiger partial charge in [0.1, 0.15) is 11.6 Å². The third-order valence-electron chi connectivity index (χ3n) is 4.95. The lowest BCUT2D eigenvalue weighted by Crippen LogP contribution is -2.18. The van der Waals surface area contributed by atoms with Crippen molar-refractivity contribution in [1.82, 2.24) is 0 Å². The van der Waals surface area contributed by atoms with Crippen LogP contribution in [0.2, 0.25) is 0 Å². The van der Waals surface area contributed by atoms with Crippen molar-refractivity contribution in [2.75, 3.05) is 19.2 Å². The van der Waals surface area contributed by atoms with Crippen LogP contribution in [0.15, 0.2) is 71.8 Å². The maximum Gasteiger partial charge on any atom is 0.161 e. The van der Waals surface area contributed by atoms with Crippen molar-refractivity contribution in [3.63, 3.8) is 0 Å². The Labute approximate surface area is 168 Å². The molecule has 0 saturated carbocycles. The molecule has 0 radical (unpaired) electrons. The fourth-order valence-corrected chi connectivity index (χ4v) is 3.50. The van der Waals surface area contributed by atoms with Gasteiger partial charge in [0.15, 0.2) is 11.5 Å². The van der Waals surface area contributed by atoms with Gasteiger partial charge in [-0.3, -0.25) is 5.01 Å². The summed E-state index contributed by atoms with van der Waals surface area (Å²) >= 11 is 0. The fraction of sp³-hybridized carbons (Fsp3) is 0.174. The molecule has 0 saturated heterocycles. The van der Waals surface area contributed by atoms with Crippen LogP contribution in [0.1, 0.15) is 23.6 Å². The smallest absolute Gasteiger partial charge is 0.161 e. The summed E-state index contributed by atoms with van der Waals surface area (Å²) in [5, 5.41) is 6.54. The molecule has 0 N–H and O–H groups in total. The van der Waals surface area contributed by atoms with Crippen molar-refractivity contribution in [3.8, 4) is 11.5 Å². The summed E-state index contributed by atoms with van der Waals surface area (Å²) < 4.78 is 38.0. The monoisotopic (exact) mass is 394 g/mol. The van der Waals surface area contributed by atoms with Crippen LogP contribution in [-0.4, -0.2) is 19.9 Å². The Balaban J connectivity index is 1.76. The van der Waals surface area contributed by atoms with Crippen LogP contribution in [0.25, 0.3) is 0 Å². The maximum atomic E-state index is 13.9. The van der Waals surface area contributed by atoms with Crippen LogP contribution in [0.4, 0.5) is 14.5 Å². The summed E-state index contributed by atoms with van der Waals surface area (Å²) in [5.74, 6) is 0.607. The number of rotatable bonds is 5. The average Bonchev–Trinajstić information content (AvgIpc) is 3.19. The van der Waals surface area contributed by atoms with E-state index >= 15 is 0 Å². The van der Waals surface area contributed by atoms with Crippen molar-refractivity contribution in [3.05, 3.63) is 89.5 Å². The molecule has 3 aromatic rings. The van der Waals surface area contributed by atoms with Gasteiger partial charge in [-0.05, 0) is 53.6 Å². The number of hydrazone groups is 1. The summed E-state index contributed by atoms with van der Waals surface area (Å²) in [5.41, 5.74) is 3.22. The van der Waals surface area contributed by atoms with Gasteiger partial charge in [-0.15, -0.1) is 0 Å². The highest BCUT2D eigenvalue weighted by atomic mass is 19.1. The lowest BCUT2D eigenvalue weighted by molar-refractivity contribution is 0.354. The highest BCUT2D eigenvalue weighted by molar-refractivity contribution is 6.03. The minimum absolute atomic E-state index is 0.170. The molecule has 0 aromatic heterocycles. The number of methoxy groups -OCH3 is 2. The molecule has 6 heteroatoms. The van der Waals surface area contributed by atoms with E-state index in [4.69, 9.17) is 14.6 Å². The summed E-state index contributed by atoms with van der Waals surface area (Å²) in [6.45, 7) is 0. The molecule has 148 valence electrons. The third-order valence-corrected chi connectivity index (χ3v) is 4.95. The Hall–Kier alpha value is -3.41. The predicted octanol–water partition coefficient (Wildman–Crippen LogP) is 5.34. The third kappa shape index (κ3) is 3.78. The van der Waals surface area contributed by atoms with Crippen molar-refractivity contribution < 1.29 is 18.3 Å². The molecule has 1 aliphatic heterocycles. The quantitative estimate of drug-likeness (QED) is 0.586. The molecule has 1 heterocycles. The molecule has 0 amide bonds. The zero-order valence-corrected chi connectivity index (χ0v) is 16.1. The first kappa shape index (κ1) is 18.9. The number of ether oxygens (including phenoxy) is 2. The van der Waals surface area contributed by atoms with Gasteiger partial charge >= 0.3 is 0 Å². The normalized spacial score (nSPS) is 15.9. The minimum Gasteiger partial charge on any atom is -0.493 e. The topological polar surface area (TPSA) is 34.1 Å². The molecule has 1 aliphatic rings. The number of hydrogen-bond acceptors (Lipinski definition) is 4. The first-order valence-electron chi connectivity index (χ1n) is 9.19. The van der Waals surface area contributed by atoms with Gasteiger partial charge in [-0.2, -0.15) is 5.10 Å². The van der Waals surface area contributed by atoms with Crippen LogP contribution in [0.5, 0.6) is 11.5 Å². The Morgan fingerprint density at radius 3 is 2.31 bits per heavy atom. The lowest BCUT2D eigenvalue weighted by atomic mass is 9.97. The Bertz CT molecular complexity index is 1050. The van der Waals surface area contributed by atoms with Crippen LogP contribution < -0.4 is 14.5 Å². The number of nitrogens with zero attached hydrogens (tertiary/aromatic N) is 2. The van der Waals surface area contributed by atoms with Gasteiger partial charge in [0, 0.05) is 6.42 Å². The van der Waals surface area contributed by atoms with Gasteiger partial charge in [0.05, 0.1) is 31.7 Å². The van der Waals surface area contributed by atoms with E-state index in [0.29, 0.717) is 23.6 Å². The fourth-order valence-electron chi connectivity index (χ4n) is 3.50. The molecule has 4 nitrogen and oxygen atoms in total. The second-order valence-electron chi connectivity index (χ2n) is 6.71. The highest BCUT2D eigenvalue weighted by Gasteiger charge is 2.30. The van der Waals surface area contributed by atoms with Crippen molar-refractivity contribution in [1.29, 1.82) is 0 Å². The number of halogens is 2. The molecule has 0 spiro atoms. The summed E-state index contributed by atoms with van der Waals surface area (Å²) in [4.78, 5) is 0. The van der Waals surface area contributed by atoms with Crippen LogP contribution in [-0.2, 0) is 0 Å². The van der Waals surface area contributed by atoms with E-state index in [1.807, 2.05) is 24.3 Å². The van der Waals surface area contributed by atoms with Crippen LogP contribution in [0.3, 0.4) is 0 Å². The summed E-state index contributed by atoms with van der Waals surface area (Å²) in [7, 11) is 3.17. The number of benzene rings is 3. The molecular formula is C23H20F2N2O2. The second-order valence-corrected chi connectivity index (χ2v) is 6.71. The Morgan fingerprint density at radius 2 is 1.62 bits per heavy atom. The van der Waals surface area contributed by atoms with Gasteiger partial charge in [0.2, 0.25) is 0 Å². The van der Waals surface area contributed by atoms with Gasteiger partial charge in [-0.25, -0.2) is 8.78 Å². The maximum absolute atomic E-state index is 13.9. The molecular weight excluding hydrogens is 374 g/mol. The van der Waals surface area contributed by atoms with Gasteiger partial charge in [0.25, 0.3) is 0 Å². The summed E-state index contributed by atoms with van der Waals surface area (Å²) in [6.07, 6.45) is 0.581. The molecule has 3 aromatic carbocycles. The zero-order chi connectivity index (χ0) is 20.4. The van der Waals surface area contributed by atoms with Gasteiger partial charge < -0.3 is 9.47 Å². The van der Waals surface area contributed by atoms with E-state index in [9.17, 15) is 8.78 Å². The molecule has 1 atom stereocenters. The van der Waals surface area contributed by atoms with Gasteiger partial charge in [-0.1, -0.05) is 24.3 Å². The van der Waals surface area contributed by atoms with Crippen molar-refractivity contribution in [2.24, 2.45) is 5.10 Å². The minimum atomic E-state index is -0.334. The Kier molecular flexibility index (Phi) is 5.16. The molecule has 0 bridgehead atoms. The zero-order valence-electron chi connectivity index (χ0n) is 16.1. The summed E-state index contributed by atoms with van der Waals surface area (Å²) in [6, 6.07) is 18.1.